The van der Waals surface area contributed by atoms with Gasteiger partial charge in [0.1, 0.15) is 0 Å². The first kappa shape index (κ1) is 16.0. The molecule has 3 rings (SSSR count). The first-order valence-electron chi connectivity index (χ1n) is 7.85. The van der Waals surface area contributed by atoms with Crippen molar-refractivity contribution >= 4 is 11.9 Å². The van der Waals surface area contributed by atoms with Crippen molar-refractivity contribution in [2.24, 2.45) is 5.92 Å². The maximum atomic E-state index is 12.7. The molecular weight excluding hydrogens is 310 g/mol. The monoisotopic (exact) mass is 329 g/mol. The van der Waals surface area contributed by atoms with Crippen LogP contribution in [0.4, 0.5) is 0 Å². The third kappa shape index (κ3) is 2.97. The van der Waals surface area contributed by atoms with Crippen LogP contribution in [0.5, 0.6) is 5.75 Å². The lowest BCUT2D eigenvalue weighted by Gasteiger charge is -2.36. The number of carboxylic acids is 1. The number of carboxylic acid groups (broad SMARTS) is 1. The van der Waals surface area contributed by atoms with Crippen LogP contribution in [0.25, 0.3) is 5.69 Å². The summed E-state index contributed by atoms with van der Waals surface area (Å²) in [5.74, 6) is -2.14. The molecule has 0 saturated carbocycles. The van der Waals surface area contributed by atoms with Crippen molar-refractivity contribution in [1.29, 1.82) is 0 Å². The number of carbonyl (C=O) groups is 2. The molecule has 1 aliphatic rings. The molecule has 1 amide bonds. The highest BCUT2D eigenvalue weighted by atomic mass is 16.4. The minimum Gasteiger partial charge on any atom is -0.504 e. The number of aromatic nitrogens is 2. The van der Waals surface area contributed by atoms with Crippen molar-refractivity contribution in [3.05, 3.63) is 42.2 Å². The van der Waals surface area contributed by atoms with Crippen LogP contribution in [0.15, 0.2) is 36.5 Å². The molecule has 1 aromatic heterocycles. The van der Waals surface area contributed by atoms with Gasteiger partial charge >= 0.3 is 5.97 Å². The molecule has 1 saturated heterocycles. The van der Waals surface area contributed by atoms with E-state index < -0.39 is 17.8 Å². The molecule has 0 spiro atoms. The molecule has 2 aromatic rings. The molecule has 7 heteroatoms. The van der Waals surface area contributed by atoms with Crippen LogP contribution in [0.3, 0.4) is 0 Å². The van der Waals surface area contributed by atoms with E-state index in [4.69, 9.17) is 0 Å². The van der Waals surface area contributed by atoms with Gasteiger partial charge < -0.3 is 15.1 Å². The predicted molar refractivity (Wildman–Crippen MR) is 86.1 cm³/mol. The van der Waals surface area contributed by atoms with Crippen LogP contribution in [0.2, 0.25) is 0 Å². The maximum Gasteiger partial charge on any atom is 0.308 e. The number of carbonyl (C=O) groups excluding carboxylic acids is 1. The van der Waals surface area contributed by atoms with E-state index >= 15 is 0 Å². The van der Waals surface area contributed by atoms with E-state index in [1.807, 2.05) is 37.3 Å². The van der Waals surface area contributed by atoms with Gasteiger partial charge in [0.2, 0.25) is 0 Å². The first-order chi connectivity index (χ1) is 11.5. The summed E-state index contributed by atoms with van der Waals surface area (Å²) >= 11 is 0. The van der Waals surface area contributed by atoms with Gasteiger partial charge in [-0.2, -0.15) is 5.10 Å². The lowest BCUT2D eigenvalue weighted by Crippen LogP contribution is -2.47. The Labute approximate surface area is 139 Å². The molecule has 24 heavy (non-hydrogen) atoms. The van der Waals surface area contributed by atoms with E-state index in [0.29, 0.717) is 12.8 Å². The molecule has 2 N–H and O–H groups in total. The van der Waals surface area contributed by atoms with Crippen LogP contribution in [-0.2, 0) is 4.79 Å². The smallest absolute Gasteiger partial charge is 0.308 e. The van der Waals surface area contributed by atoms with Crippen molar-refractivity contribution in [1.82, 2.24) is 14.7 Å². The Bertz CT molecular complexity index is 756. The molecule has 1 aromatic carbocycles. The van der Waals surface area contributed by atoms with Crippen LogP contribution >= 0.6 is 0 Å². The second-order valence-electron chi connectivity index (χ2n) is 6.06. The summed E-state index contributed by atoms with van der Waals surface area (Å²) in [5, 5.41) is 23.5. The molecule has 2 unspecified atom stereocenters. The van der Waals surface area contributed by atoms with E-state index in [1.54, 1.807) is 0 Å². The van der Waals surface area contributed by atoms with Crippen LogP contribution in [-0.4, -0.2) is 49.4 Å². The summed E-state index contributed by atoms with van der Waals surface area (Å²) < 4.78 is 1.44. The van der Waals surface area contributed by atoms with Crippen LogP contribution < -0.4 is 0 Å². The zero-order valence-electron chi connectivity index (χ0n) is 13.3. The third-order valence-electron chi connectivity index (χ3n) is 4.41. The van der Waals surface area contributed by atoms with Gasteiger partial charge in [-0.1, -0.05) is 18.2 Å². The highest BCUT2D eigenvalue weighted by molar-refractivity contribution is 5.95. The second kappa shape index (κ2) is 6.35. The Kier molecular flexibility index (Phi) is 4.24. The lowest BCUT2D eigenvalue weighted by molar-refractivity contribution is -0.143. The number of likely N-dealkylation sites (tertiary alicyclic amines) is 1. The maximum absolute atomic E-state index is 12.7. The number of benzene rings is 1. The van der Waals surface area contributed by atoms with Gasteiger partial charge in [0, 0.05) is 12.6 Å². The van der Waals surface area contributed by atoms with E-state index in [1.165, 1.54) is 15.8 Å². The van der Waals surface area contributed by atoms with Crippen molar-refractivity contribution < 1.29 is 19.8 Å². The van der Waals surface area contributed by atoms with E-state index in [-0.39, 0.29) is 24.0 Å². The molecule has 1 aliphatic heterocycles. The molecule has 2 heterocycles. The van der Waals surface area contributed by atoms with Gasteiger partial charge in [0.15, 0.2) is 11.4 Å². The molecule has 0 bridgehead atoms. The first-order valence-corrected chi connectivity index (χ1v) is 7.85. The summed E-state index contributed by atoms with van der Waals surface area (Å²) in [7, 11) is 0. The minimum absolute atomic E-state index is 0.0586. The van der Waals surface area contributed by atoms with Gasteiger partial charge in [-0.05, 0) is 31.9 Å². The molecule has 0 radical (unpaired) electrons. The van der Waals surface area contributed by atoms with Crippen molar-refractivity contribution in [3.63, 3.8) is 0 Å². The van der Waals surface area contributed by atoms with Gasteiger partial charge in [-0.15, -0.1) is 0 Å². The number of nitrogens with zero attached hydrogens (tertiary/aromatic N) is 3. The fourth-order valence-electron chi connectivity index (χ4n) is 2.96. The number of piperidine rings is 1. The van der Waals surface area contributed by atoms with E-state index in [9.17, 15) is 19.8 Å². The van der Waals surface area contributed by atoms with Gasteiger partial charge in [-0.3, -0.25) is 9.59 Å². The quantitative estimate of drug-likeness (QED) is 0.897. The highest BCUT2D eigenvalue weighted by Gasteiger charge is 2.35. The van der Waals surface area contributed by atoms with Crippen LogP contribution in [0, 0.1) is 5.92 Å². The third-order valence-corrected chi connectivity index (χ3v) is 4.41. The summed E-state index contributed by atoms with van der Waals surface area (Å²) in [4.78, 5) is 25.4. The van der Waals surface area contributed by atoms with Crippen molar-refractivity contribution in [2.75, 3.05) is 6.54 Å². The summed E-state index contributed by atoms with van der Waals surface area (Å²) in [6.07, 6.45) is 2.54. The van der Waals surface area contributed by atoms with Gasteiger partial charge in [0.25, 0.3) is 5.91 Å². The van der Waals surface area contributed by atoms with Crippen molar-refractivity contribution in [3.8, 4) is 11.4 Å². The van der Waals surface area contributed by atoms with Gasteiger partial charge in [0.05, 0.1) is 17.8 Å². The zero-order valence-corrected chi connectivity index (χ0v) is 13.3. The normalized spacial score (nSPS) is 20.8. The number of hydrogen-bond donors (Lipinski definition) is 2. The molecule has 126 valence electrons. The number of amides is 1. The average molecular weight is 329 g/mol. The number of aromatic hydroxyl groups is 1. The standard InChI is InChI=1S/C17H19N3O4/c1-11-7-8-12(17(23)24)9-19(11)16(22)15-14(21)10-20(18-15)13-5-3-2-4-6-13/h2-6,10-12,21H,7-9H2,1H3,(H,23,24). The largest absolute Gasteiger partial charge is 0.504 e. The summed E-state index contributed by atoms with van der Waals surface area (Å²) in [6, 6.07) is 9.06. The Morgan fingerprint density at radius 1 is 1.21 bits per heavy atom. The van der Waals surface area contributed by atoms with E-state index in [0.717, 1.165) is 5.69 Å². The Balaban J connectivity index is 1.87. The minimum atomic E-state index is -0.904. The summed E-state index contributed by atoms with van der Waals surface area (Å²) in [6.45, 7) is 2.01. The highest BCUT2D eigenvalue weighted by Crippen LogP contribution is 2.26. The fraction of sp³-hybridized carbons (Fsp3) is 0.353. The molecule has 2 atom stereocenters. The number of rotatable bonds is 3. The Morgan fingerprint density at radius 3 is 2.58 bits per heavy atom. The van der Waals surface area contributed by atoms with Crippen LogP contribution in [0.1, 0.15) is 30.3 Å². The van der Waals surface area contributed by atoms with Gasteiger partial charge in [-0.25, -0.2) is 4.68 Å². The second-order valence-corrected chi connectivity index (χ2v) is 6.06. The lowest BCUT2D eigenvalue weighted by atomic mass is 9.93. The Morgan fingerprint density at radius 2 is 1.92 bits per heavy atom. The molecular formula is C17H19N3O4. The zero-order chi connectivity index (χ0) is 17.3. The molecule has 0 aliphatic carbocycles. The molecule has 7 nitrogen and oxygen atoms in total. The number of aliphatic carboxylic acids is 1. The molecule has 1 fully saturated rings. The predicted octanol–water partition coefficient (Wildman–Crippen LogP) is 1.90. The SMILES string of the molecule is CC1CCC(C(=O)O)CN1C(=O)c1nn(-c2ccccc2)cc1O. The topological polar surface area (TPSA) is 95.7 Å². The summed E-state index contributed by atoms with van der Waals surface area (Å²) in [5.41, 5.74) is 0.665. The van der Waals surface area contributed by atoms with E-state index in [2.05, 4.69) is 5.10 Å². The average Bonchev–Trinajstić information content (AvgIpc) is 2.97. The number of hydrogen-bond acceptors (Lipinski definition) is 4. The number of para-hydroxylation sites is 1. The van der Waals surface area contributed by atoms with Crippen molar-refractivity contribution in [2.45, 2.75) is 25.8 Å². The fourth-order valence-corrected chi connectivity index (χ4v) is 2.96. The Hall–Kier alpha value is -2.83.